The summed E-state index contributed by atoms with van der Waals surface area (Å²) in [5, 5.41) is 0. The first-order chi connectivity index (χ1) is 24.3. The Balaban J connectivity index is 1.06. The number of hydrogen-bond donors (Lipinski definition) is 0. The van der Waals surface area contributed by atoms with E-state index < -0.39 is 23.2 Å². The van der Waals surface area contributed by atoms with E-state index in [0.717, 1.165) is 45.3 Å². The maximum atomic E-state index is 6.44. The minimum absolute atomic E-state index is 0.302. The Hall–Kier alpha value is -5.24. The van der Waals surface area contributed by atoms with Crippen LogP contribution < -0.4 is 0 Å². The SMILES string of the molecule is C1=CC2=[C]([Zr][C]3=C4C=CC=CC4c4ccc(-c5ccc(-c6ccccc6)o5)cc43)c3cc(-c4ccc(-c5ccccc5)o4)ccc3C2C=C1. The van der Waals surface area contributed by atoms with Gasteiger partial charge in [0.25, 0.3) is 0 Å². The summed E-state index contributed by atoms with van der Waals surface area (Å²) in [5.74, 6) is 4.21. The number of fused-ring (bicyclic) bond motifs is 6. The Morgan fingerprint density at radius 2 is 0.837 bits per heavy atom. The van der Waals surface area contributed by atoms with Gasteiger partial charge in [-0.1, -0.05) is 0 Å². The van der Waals surface area contributed by atoms with Crippen molar-refractivity contribution in [2.75, 3.05) is 0 Å². The Morgan fingerprint density at radius 3 is 1.29 bits per heavy atom. The zero-order valence-corrected chi connectivity index (χ0v) is 29.1. The van der Waals surface area contributed by atoms with E-state index in [4.69, 9.17) is 8.83 Å². The summed E-state index contributed by atoms with van der Waals surface area (Å²) in [6.45, 7) is 0. The Morgan fingerprint density at radius 1 is 0.408 bits per heavy atom. The van der Waals surface area contributed by atoms with Crippen LogP contribution in [-0.2, 0) is 23.2 Å². The average Bonchev–Trinajstić information content (AvgIpc) is 3.97. The van der Waals surface area contributed by atoms with Crippen LogP contribution in [0.4, 0.5) is 0 Å². The molecule has 2 unspecified atom stereocenters. The van der Waals surface area contributed by atoms with E-state index in [1.165, 1.54) is 33.4 Å². The number of benzene rings is 4. The molecule has 10 rings (SSSR count). The van der Waals surface area contributed by atoms with E-state index in [1.54, 1.807) is 6.56 Å². The van der Waals surface area contributed by atoms with Gasteiger partial charge >= 0.3 is 299 Å². The third-order valence-corrected chi connectivity index (χ3v) is 14.1. The van der Waals surface area contributed by atoms with Crippen LogP contribution in [0, 0.1) is 0 Å². The van der Waals surface area contributed by atoms with Gasteiger partial charge in [-0.3, -0.25) is 0 Å². The van der Waals surface area contributed by atoms with Gasteiger partial charge in [0.05, 0.1) is 0 Å². The fraction of sp³-hybridized carbons (Fsp3) is 0.0435. The van der Waals surface area contributed by atoms with E-state index in [1.807, 2.05) is 12.1 Å². The Bertz CT molecular complexity index is 2290. The molecule has 4 aliphatic rings. The van der Waals surface area contributed by atoms with E-state index in [0.29, 0.717) is 11.8 Å². The first-order valence-corrected chi connectivity index (χ1v) is 19.3. The summed E-state index contributed by atoms with van der Waals surface area (Å²) < 4.78 is 16.0. The van der Waals surface area contributed by atoms with Crippen LogP contribution in [0.2, 0.25) is 0 Å². The molecule has 2 aromatic heterocycles. The predicted molar refractivity (Wildman–Crippen MR) is 195 cm³/mol. The number of allylic oxidation sites excluding steroid dienone is 10. The second kappa shape index (κ2) is 11.7. The van der Waals surface area contributed by atoms with Crippen molar-refractivity contribution in [3.63, 3.8) is 0 Å². The van der Waals surface area contributed by atoms with Crippen LogP contribution in [0.3, 0.4) is 0 Å². The van der Waals surface area contributed by atoms with Gasteiger partial charge in [-0.05, 0) is 0 Å². The van der Waals surface area contributed by atoms with Crippen LogP contribution in [0.15, 0.2) is 190 Å². The van der Waals surface area contributed by atoms with E-state index in [2.05, 4.69) is 158 Å². The van der Waals surface area contributed by atoms with Gasteiger partial charge in [0.1, 0.15) is 0 Å². The fourth-order valence-electron chi connectivity index (χ4n) is 7.71. The van der Waals surface area contributed by atoms with E-state index in [-0.39, 0.29) is 0 Å². The van der Waals surface area contributed by atoms with E-state index in [9.17, 15) is 0 Å². The molecule has 0 N–H and O–H groups in total. The zero-order valence-electron chi connectivity index (χ0n) is 26.6. The van der Waals surface area contributed by atoms with Gasteiger partial charge < -0.3 is 0 Å². The normalized spacial score (nSPS) is 18.1. The molecule has 6 aromatic rings. The molecule has 2 nitrogen and oxygen atoms in total. The number of furan rings is 2. The summed E-state index contributed by atoms with van der Waals surface area (Å²) in [6, 6.07) is 43.0. The average molecular weight is 706 g/mol. The van der Waals surface area contributed by atoms with Gasteiger partial charge in [-0.15, -0.1) is 0 Å². The third kappa shape index (κ3) is 4.87. The molecular formula is C46H30O2Zr. The summed E-state index contributed by atoms with van der Waals surface area (Å²) in [4.78, 5) is 0. The monoisotopic (exact) mass is 704 g/mol. The van der Waals surface area contributed by atoms with Crippen LogP contribution in [0.1, 0.15) is 34.1 Å². The number of rotatable bonds is 6. The maximum absolute atomic E-state index is 6.44. The minimum atomic E-state index is -1.32. The molecule has 0 spiro atoms. The van der Waals surface area contributed by atoms with Crippen molar-refractivity contribution in [3.8, 4) is 45.3 Å². The number of hydrogen-bond acceptors (Lipinski definition) is 2. The Kier molecular flexibility index (Phi) is 6.88. The molecule has 0 aliphatic heterocycles. The quantitative estimate of drug-likeness (QED) is 0.172. The summed E-state index contributed by atoms with van der Waals surface area (Å²) in [5.41, 5.74) is 13.0. The summed E-state index contributed by atoms with van der Waals surface area (Å²) in [7, 11) is 0. The molecule has 4 aliphatic carbocycles. The van der Waals surface area contributed by atoms with Crippen molar-refractivity contribution in [2.24, 2.45) is 0 Å². The first kappa shape index (κ1) is 28.7. The van der Waals surface area contributed by atoms with Crippen LogP contribution in [-0.4, -0.2) is 0 Å². The molecule has 0 amide bonds. The van der Waals surface area contributed by atoms with Gasteiger partial charge in [0.15, 0.2) is 0 Å². The first-order valence-electron chi connectivity index (χ1n) is 16.8. The molecule has 0 radical (unpaired) electrons. The predicted octanol–water partition coefficient (Wildman–Crippen LogP) is 12.2. The molecule has 2 atom stereocenters. The van der Waals surface area contributed by atoms with Gasteiger partial charge in [-0.2, -0.15) is 0 Å². The molecule has 230 valence electrons. The second-order valence-electron chi connectivity index (χ2n) is 12.9. The van der Waals surface area contributed by atoms with Crippen LogP contribution in [0.25, 0.3) is 51.9 Å². The van der Waals surface area contributed by atoms with Crippen molar-refractivity contribution in [1.82, 2.24) is 0 Å². The topological polar surface area (TPSA) is 26.3 Å². The van der Waals surface area contributed by atoms with Gasteiger partial charge in [0.2, 0.25) is 0 Å². The standard InChI is InChI=1S/2C23H15O.Zr/c2*1-2-6-16(7-3-1)22-12-13-23(24-22)18-10-11-21-19(15-18)14-17-8-4-5-9-20(17)21;/h2*1-13,15,20H;. The van der Waals surface area contributed by atoms with Gasteiger partial charge in [0, 0.05) is 0 Å². The fourth-order valence-corrected chi connectivity index (χ4v) is 11.9. The molecule has 3 heteroatoms. The third-order valence-electron chi connectivity index (χ3n) is 10.1. The molecule has 2 heterocycles. The molecule has 0 saturated carbocycles. The zero-order chi connectivity index (χ0) is 32.3. The molecule has 4 aromatic carbocycles. The van der Waals surface area contributed by atoms with Crippen molar-refractivity contribution < 1.29 is 32.1 Å². The van der Waals surface area contributed by atoms with Crippen LogP contribution in [0.5, 0.6) is 0 Å². The summed E-state index contributed by atoms with van der Waals surface area (Å²) in [6.07, 6.45) is 18.3. The molecule has 0 fully saturated rings. The van der Waals surface area contributed by atoms with Crippen molar-refractivity contribution in [2.45, 2.75) is 11.8 Å². The van der Waals surface area contributed by atoms with E-state index >= 15 is 0 Å². The van der Waals surface area contributed by atoms with Crippen LogP contribution >= 0.6 is 0 Å². The van der Waals surface area contributed by atoms with Crippen molar-refractivity contribution in [1.29, 1.82) is 0 Å². The van der Waals surface area contributed by atoms with Crippen molar-refractivity contribution >= 4 is 6.56 Å². The molecular weight excluding hydrogens is 676 g/mol. The van der Waals surface area contributed by atoms with Gasteiger partial charge in [-0.25, -0.2) is 0 Å². The Labute approximate surface area is 297 Å². The second-order valence-corrected chi connectivity index (χ2v) is 16.0. The molecule has 0 saturated heterocycles. The molecule has 0 bridgehead atoms. The summed E-state index contributed by atoms with van der Waals surface area (Å²) >= 11 is -1.32. The molecule has 49 heavy (non-hydrogen) atoms. The van der Waals surface area contributed by atoms with Crippen molar-refractivity contribution in [3.05, 3.63) is 203 Å².